The smallest absolute Gasteiger partial charge is 0.270 e. The molecular formula is C28H30FN3O2. The lowest BCUT2D eigenvalue weighted by atomic mass is 9.64. The topological polar surface area (TPSA) is 56.4 Å². The molecule has 2 bridgehead atoms. The number of carbonyl (C=O) groups is 2. The molecule has 0 radical (unpaired) electrons. The summed E-state index contributed by atoms with van der Waals surface area (Å²) in [6, 6.07) is 16.7. The van der Waals surface area contributed by atoms with Crippen LogP contribution >= 0.6 is 0 Å². The number of nitrogens with zero attached hydrogens (tertiary/aromatic N) is 2. The molecule has 176 valence electrons. The van der Waals surface area contributed by atoms with Crippen LogP contribution in [0.1, 0.15) is 55.6 Å². The molecule has 1 aromatic heterocycles. The largest absolute Gasteiger partial charge is 0.350 e. The van der Waals surface area contributed by atoms with Crippen molar-refractivity contribution in [3.05, 3.63) is 71.7 Å². The number of aromatic nitrogens is 1. The molecule has 2 amide bonds. The Morgan fingerprint density at radius 2 is 1.79 bits per heavy atom. The number of hydrogen-bond acceptors (Lipinski definition) is 2. The van der Waals surface area contributed by atoms with Crippen LogP contribution in [0.3, 0.4) is 0 Å². The predicted octanol–water partition coefficient (Wildman–Crippen LogP) is 4.92. The fraction of sp³-hybridized carbons (Fsp3) is 0.429. The Morgan fingerprint density at radius 3 is 2.53 bits per heavy atom. The normalized spacial score (nSPS) is 30.1. The van der Waals surface area contributed by atoms with Gasteiger partial charge in [-0.3, -0.25) is 9.59 Å². The van der Waals surface area contributed by atoms with E-state index in [1.54, 1.807) is 13.0 Å². The molecule has 2 aromatic carbocycles. The zero-order valence-electron chi connectivity index (χ0n) is 19.6. The minimum atomic E-state index is -0.328. The lowest BCUT2D eigenvalue weighted by Gasteiger charge is -2.52. The highest BCUT2D eigenvalue weighted by Crippen LogP contribution is 2.56. The van der Waals surface area contributed by atoms with Crippen molar-refractivity contribution in [1.82, 2.24) is 14.8 Å². The third-order valence-electron chi connectivity index (χ3n) is 8.66. The van der Waals surface area contributed by atoms with Crippen molar-refractivity contribution in [2.24, 2.45) is 5.41 Å². The standard InChI is InChI=1S/C28H30FN3O2/c1-17(33)31-24-16-28(2)25(31)9-6-10-26(28)32(23(24)13-18-7-4-3-5-8-18)27(34)22-14-19-11-12-20(29)15-21(19)30-22/h3-5,7-8,11-12,14-15,23-26,30H,6,9-10,13,16H2,1-2H3/t23-,24-,25-,26+,28-/m0/s1. The van der Waals surface area contributed by atoms with Gasteiger partial charge in [-0.15, -0.1) is 0 Å². The zero-order chi connectivity index (χ0) is 23.6. The summed E-state index contributed by atoms with van der Waals surface area (Å²) >= 11 is 0. The minimum absolute atomic E-state index is 0.00664. The summed E-state index contributed by atoms with van der Waals surface area (Å²) in [5.41, 5.74) is 2.16. The third kappa shape index (κ3) is 3.11. The van der Waals surface area contributed by atoms with Crippen LogP contribution in [-0.2, 0) is 11.2 Å². The second-order valence-corrected chi connectivity index (χ2v) is 10.6. The number of nitrogens with one attached hydrogen (secondary N) is 1. The maximum Gasteiger partial charge on any atom is 0.270 e. The molecule has 5 nitrogen and oxygen atoms in total. The first-order valence-electron chi connectivity index (χ1n) is 12.3. The summed E-state index contributed by atoms with van der Waals surface area (Å²) in [7, 11) is 0. The molecule has 3 heterocycles. The van der Waals surface area contributed by atoms with E-state index in [0.717, 1.165) is 36.6 Å². The number of aromatic amines is 1. The molecule has 6 rings (SSSR count). The lowest BCUT2D eigenvalue weighted by molar-refractivity contribution is -0.133. The first kappa shape index (κ1) is 21.4. The summed E-state index contributed by atoms with van der Waals surface area (Å²) in [6.07, 6.45) is 4.57. The molecule has 3 fully saturated rings. The number of amides is 2. The fourth-order valence-corrected chi connectivity index (χ4v) is 7.28. The number of rotatable bonds is 3. The molecule has 0 unspecified atom stereocenters. The molecule has 2 saturated heterocycles. The van der Waals surface area contributed by atoms with Crippen molar-refractivity contribution in [3.8, 4) is 0 Å². The maximum atomic E-state index is 14.2. The Kier molecular flexibility index (Phi) is 4.84. The van der Waals surface area contributed by atoms with E-state index in [4.69, 9.17) is 0 Å². The number of carbonyl (C=O) groups excluding carboxylic acids is 2. The van der Waals surface area contributed by atoms with E-state index in [0.29, 0.717) is 17.6 Å². The Bertz CT molecular complexity index is 1270. The van der Waals surface area contributed by atoms with E-state index in [9.17, 15) is 14.0 Å². The van der Waals surface area contributed by atoms with Crippen LogP contribution < -0.4 is 0 Å². The van der Waals surface area contributed by atoms with Crippen LogP contribution in [0.15, 0.2) is 54.6 Å². The monoisotopic (exact) mass is 459 g/mol. The molecule has 6 heteroatoms. The van der Waals surface area contributed by atoms with Gasteiger partial charge in [0.15, 0.2) is 0 Å². The highest BCUT2D eigenvalue weighted by molar-refractivity contribution is 5.98. The molecule has 3 aromatic rings. The van der Waals surface area contributed by atoms with Crippen molar-refractivity contribution >= 4 is 22.7 Å². The van der Waals surface area contributed by atoms with Gasteiger partial charge in [-0.25, -0.2) is 4.39 Å². The summed E-state index contributed by atoms with van der Waals surface area (Å²) in [5, 5.41) is 0.822. The van der Waals surface area contributed by atoms with Crippen molar-refractivity contribution in [3.63, 3.8) is 0 Å². The molecule has 5 atom stereocenters. The van der Waals surface area contributed by atoms with E-state index in [2.05, 4.69) is 33.8 Å². The first-order valence-corrected chi connectivity index (χ1v) is 12.3. The summed E-state index contributed by atoms with van der Waals surface area (Å²) in [5.74, 6) is -0.275. The number of piperidine rings is 1. The molecule has 2 aliphatic heterocycles. The molecule has 1 N–H and O–H groups in total. The van der Waals surface area contributed by atoms with Gasteiger partial charge in [-0.05, 0) is 61.9 Å². The molecule has 1 aliphatic carbocycles. The van der Waals surface area contributed by atoms with Gasteiger partial charge in [0, 0.05) is 35.3 Å². The van der Waals surface area contributed by atoms with Crippen LogP contribution in [-0.4, -0.2) is 50.8 Å². The zero-order valence-corrected chi connectivity index (χ0v) is 19.6. The van der Waals surface area contributed by atoms with E-state index in [-0.39, 0.29) is 47.2 Å². The van der Waals surface area contributed by atoms with Gasteiger partial charge in [0.1, 0.15) is 11.5 Å². The Morgan fingerprint density at radius 1 is 1.06 bits per heavy atom. The van der Waals surface area contributed by atoms with Gasteiger partial charge in [0.2, 0.25) is 5.91 Å². The summed E-state index contributed by atoms with van der Waals surface area (Å²) in [6.45, 7) is 3.95. The van der Waals surface area contributed by atoms with Crippen LogP contribution in [0.2, 0.25) is 0 Å². The summed E-state index contributed by atoms with van der Waals surface area (Å²) < 4.78 is 13.8. The van der Waals surface area contributed by atoms with Gasteiger partial charge in [0.25, 0.3) is 5.91 Å². The molecule has 3 aliphatic rings. The van der Waals surface area contributed by atoms with Crippen molar-refractivity contribution < 1.29 is 14.0 Å². The van der Waals surface area contributed by atoms with Gasteiger partial charge in [-0.1, -0.05) is 37.3 Å². The number of hydrogen-bond donors (Lipinski definition) is 1. The average Bonchev–Trinajstić information content (AvgIpc) is 3.37. The molecule has 34 heavy (non-hydrogen) atoms. The molecular weight excluding hydrogens is 429 g/mol. The highest BCUT2D eigenvalue weighted by atomic mass is 19.1. The number of benzene rings is 2. The molecule has 0 spiro atoms. The minimum Gasteiger partial charge on any atom is -0.350 e. The van der Waals surface area contributed by atoms with Crippen LogP contribution in [0, 0.1) is 11.2 Å². The summed E-state index contributed by atoms with van der Waals surface area (Å²) in [4.78, 5) is 34.5. The number of halogens is 1. The van der Waals surface area contributed by atoms with Gasteiger partial charge in [-0.2, -0.15) is 0 Å². The second-order valence-electron chi connectivity index (χ2n) is 10.6. The van der Waals surface area contributed by atoms with Crippen LogP contribution in [0.5, 0.6) is 0 Å². The second kappa shape index (κ2) is 7.69. The Balaban J connectivity index is 1.47. The Hall–Kier alpha value is -3.15. The fourth-order valence-electron chi connectivity index (χ4n) is 7.28. The van der Waals surface area contributed by atoms with Gasteiger partial charge in [0.05, 0.1) is 12.1 Å². The van der Waals surface area contributed by atoms with Gasteiger partial charge >= 0.3 is 0 Å². The van der Waals surface area contributed by atoms with E-state index >= 15 is 0 Å². The third-order valence-corrected chi connectivity index (χ3v) is 8.66. The highest BCUT2D eigenvalue weighted by Gasteiger charge is 2.64. The number of H-pyrrole nitrogens is 1. The van der Waals surface area contributed by atoms with E-state index in [1.165, 1.54) is 12.1 Å². The SMILES string of the molecule is CC(=O)N1[C@H]2CCC[C@H]3N(C(=O)c4cc5ccc(F)cc5[nH]4)[C@@H](Cc4ccccc4)[C@@H]1C[C@@]23C. The van der Waals surface area contributed by atoms with Crippen molar-refractivity contribution in [2.45, 2.75) is 70.1 Å². The number of likely N-dealkylation sites (tertiary alicyclic amines) is 2. The predicted molar refractivity (Wildman–Crippen MR) is 129 cm³/mol. The average molecular weight is 460 g/mol. The quantitative estimate of drug-likeness (QED) is 0.604. The Labute approximate surface area is 198 Å². The number of fused-ring (bicyclic) bond motifs is 2. The van der Waals surface area contributed by atoms with E-state index < -0.39 is 0 Å². The van der Waals surface area contributed by atoms with Gasteiger partial charge < -0.3 is 14.8 Å². The van der Waals surface area contributed by atoms with Crippen molar-refractivity contribution in [1.29, 1.82) is 0 Å². The maximum absolute atomic E-state index is 14.2. The first-order chi connectivity index (χ1) is 16.4. The van der Waals surface area contributed by atoms with Crippen LogP contribution in [0.4, 0.5) is 4.39 Å². The van der Waals surface area contributed by atoms with Crippen LogP contribution in [0.25, 0.3) is 10.9 Å². The van der Waals surface area contributed by atoms with E-state index in [1.807, 2.05) is 24.3 Å². The molecule has 1 saturated carbocycles. The van der Waals surface area contributed by atoms with Crippen molar-refractivity contribution in [2.75, 3.05) is 0 Å². The lowest BCUT2D eigenvalue weighted by Crippen LogP contribution is -2.62.